The van der Waals surface area contributed by atoms with Crippen molar-refractivity contribution in [1.82, 2.24) is 20.7 Å². The molecule has 2 N–H and O–H groups in total. The zero-order chi connectivity index (χ0) is 16.2. The predicted octanol–water partition coefficient (Wildman–Crippen LogP) is 1.65. The average Bonchev–Trinajstić information content (AvgIpc) is 3.23. The third-order valence-corrected chi connectivity index (χ3v) is 4.04. The molecule has 1 saturated heterocycles. The molecule has 1 aliphatic rings. The molecule has 23 heavy (non-hydrogen) atoms. The van der Waals surface area contributed by atoms with Crippen LogP contribution in [0, 0.1) is 12.8 Å². The van der Waals surface area contributed by atoms with Crippen molar-refractivity contribution in [3.05, 3.63) is 35.0 Å². The van der Waals surface area contributed by atoms with E-state index in [0.29, 0.717) is 25.3 Å². The molecule has 7 heteroatoms. The number of rotatable bonds is 6. The molecular formula is C16H22N4O3. The van der Waals surface area contributed by atoms with E-state index in [9.17, 15) is 4.79 Å². The van der Waals surface area contributed by atoms with Crippen LogP contribution in [0.4, 0.5) is 0 Å². The van der Waals surface area contributed by atoms with Crippen LogP contribution < -0.4 is 5.32 Å². The van der Waals surface area contributed by atoms with Gasteiger partial charge >= 0.3 is 0 Å². The molecule has 1 amide bonds. The molecule has 1 aliphatic heterocycles. The van der Waals surface area contributed by atoms with Gasteiger partial charge in [-0.2, -0.15) is 5.10 Å². The van der Waals surface area contributed by atoms with Crippen LogP contribution in [0.15, 0.2) is 16.7 Å². The van der Waals surface area contributed by atoms with Gasteiger partial charge in [-0.25, -0.2) is 0 Å². The Morgan fingerprint density at radius 2 is 2.30 bits per heavy atom. The first-order valence-electron chi connectivity index (χ1n) is 8.00. The first-order valence-corrected chi connectivity index (χ1v) is 8.00. The maximum Gasteiger partial charge on any atom is 0.272 e. The highest BCUT2D eigenvalue weighted by atomic mass is 16.5. The van der Waals surface area contributed by atoms with Crippen molar-refractivity contribution in [1.29, 1.82) is 0 Å². The lowest BCUT2D eigenvalue weighted by Crippen LogP contribution is -2.40. The van der Waals surface area contributed by atoms with Crippen LogP contribution in [0.3, 0.4) is 0 Å². The molecule has 0 aromatic carbocycles. The number of amides is 1. The van der Waals surface area contributed by atoms with Crippen LogP contribution in [-0.2, 0) is 17.6 Å². The van der Waals surface area contributed by atoms with Crippen molar-refractivity contribution in [2.75, 3.05) is 13.2 Å². The molecule has 0 radical (unpaired) electrons. The van der Waals surface area contributed by atoms with E-state index in [2.05, 4.69) is 27.6 Å². The van der Waals surface area contributed by atoms with E-state index >= 15 is 0 Å². The summed E-state index contributed by atoms with van der Waals surface area (Å²) >= 11 is 0. The Bertz CT molecular complexity index is 664. The molecule has 2 atom stereocenters. The topological polar surface area (TPSA) is 93.0 Å². The second kappa shape index (κ2) is 6.95. The van der Waals surface area contributed by atoms with Crippen LogP contribution in [0.5, 0.6) is 0 Å². The Labute approximate surface area is 134 Å². The summed E-state index contributed by atoms with van der Waals surface area (Å²) in [5.74, 6) is 0.834. The number of hydrogen-bond acceptors (Lipinski definition) is 5. The molecule has 1 fully saturated rings. The summed E-state index contributed by atoms with van der Waals surface area (Å²) in [6.45, 7) is 5.09. The molecule has 3 rings (SSSR count). The van der Waals surface area contributed by atoms with Gasteiger partial charge < -0.3 is 14.6 Å². The average molecular weight is 318 g/mol. The van der Waals surface area contributed by atoms with Gasteiger partial charge in [0.15, 0.2) is 0 Å². The highest BCUT2D eigenvalue weighted by Crippen LogP contribution is 2.20. The molecule has 0 bridgehead atoms. The van der Waals surface area contributed by atoms with Gasteiger partial charge in [-0.3, -0.25) is 9.89 Å². The van der Waals surface area contributed by atoms with Crippen molar-refractivity contribution < 1.29 is 14.1 Å². The molecule has 0 saturated carbocycles. The maximum atomic E-state index is 12.3. The van der Waals surface area contributed by atoms with Crippen molar-refractivity contribution in [2.45, 2.75) is 39.2 Å². The molecular weight excluding hydrogens is 296 g/mol. The van der Waals surface area contributed by atoms with Gasteiger partial charge in [0.05, 0.1) is 24.9 Å². The van der Waals surface area contributed by atoms with Crippen molar-refractivity contribution >= 4 is 5.91 Å². The Balaban J connectivity index is 1.60. The first-order chi connectivity index (χ1) is 11.2. The number of hydrogen-bond donors (Lipinski definition) is 2. The van der Waals surface area contributed by atoms with Crippen molar-refractivity contribution in [3.8, 4) is 0 Å². The lowest BCUT2D eigenvalue weighted by Gasteiger charge is -2.17. The second-order valence-corrected chi connectivity index (χ2v) is 6.04. The van der Waals surface area contributed by atoms with Gasteiger partial charge in [0.2, 0.25) is 0 Å². The highest BCUT2D eigenvalue weighted by molar-refractivity contribution is 5.92. The monoisotopic (exact) mass is 318 g/mol. The van der Waals surface area contributed by atoms with Gasteiger partial charge in [-0.15, -0.1) is 0 Å². The standard InChI is InChI=1S/C16H22N4O3/c1-3-4-12-7-14(19-18-12)16(21)17-15-9-22-8-11(15)6-13-5-10(2)20-23-13/h5,7,11,15H,3-4,6,8-9H2,1-2H3,(H,17,21)(H,18,19)/t11-,15+/m1/s1. The number of H-pyrrole nitrogens is 1. The summed E-state index contributed by atoms with van der Waals surface area (Å²) < 4.78 is 10.8. The van der Waals surface area contributed by atoms with Crippen molar-refractivity contribution in [3.63, 3.8) is 0 Å². The number of nitrogens with zero attached hydrogens (tertiary/aromatic N) is 2. The predicted molar refractivity (Wildman–Crippen MR) is 83.1 cm³/mol. The number of aromatic amines is 1. The zero-order valence-electron chi connectivity index (χ0n) is 13.5. The largest absolute Gasteiger partial charge is 0.379 e. The lowest BCUT2D eigenvalue weighted by molar-refractivity contribution is 0.0919. The van der Waals surface area contributed by atoms with E-state index in [4.69, 9.17) is 9.26 Å². The van der Waals surface area contributed by atoms with Crippen LogP contribution >= 0.6 is 0 Å². The van der Waals surface area contributed by atoms with Gasteiger partial charge in [0, 0.05) is 24.1 Å². The zero-order valence-corrected chi connectivity index (χ0v) is 13.5. The SMILES string of the molecule is CCCc1cc(C(=O)N[C@H]2COC[C@H]2Cc2cc(C)no2)n[nH]1. The Kier molecular flexibility index (Phi) is 4.76. The molecule has 0 aliphatic carbocycles. The molecule has 3 heterocycles. The number of carbonyl (C=O) groups excluding carboxylic acids is 1. The molecule has 2 aromatic heterocycles. The fourth-order valence-corrected chi connectivity index (χ4v) is 2.85. The van der Waals surface area contributed by atoms with Crippen LogP contribution in [0.2, 0.25) is 0 Å². The van der Waals surface area contributed by atoms with E-state index in [1.807, 2.05) is 19.1 Å². The van der Waals surface area contributed by atoms with Gasteiger partial charge in [-0.1, -0.05) is 18.5 Å². The number of aromatic nitrogens is 3. The first kappa shape index (κ1) is 15.7. The van der Waals surface area contributed by atoms with E-state index in [1.54, 1.807) is 0 Å². The summed E-state index contributed by atoms with van der Waals surface area (Å²) in [6, 6.07) is 3.69. The molecule has 7 nitrogen and oxygen atoms in total. The minimum atomic E-state index is -0.169. The summed E-state index contributed by atoms with van der Waals surface area (Å²) in [4.78, 5) is 12.3. The number of nitrogens with one attached hydrogen (secondary N) is 2. The third kappa shape index (κ3) is 3.79. The lowest BCUT2D eigenvalue weighted by atomic mass is 9.98. The summed E-state index contributed by atoms with van der Waals surface area (Å²) in [5, 5.41) is 13.9. The molecule has 0 spiro atoms. The van der Waals surface area contributed by atoms with E-state index in [-0.39, 0.29) is 17.9 Å². The van der Waals surface area contributed by atoms with Gasteiger partial charge in [-0.05, 0) is 19.4 Å². The summed E-state index contributed by atoms with van der Waals surface area (Å²) in [5.41, 5.74) is 2.27. The molecule has 124 valence electrons. The van der Waals surface area contributed by atoms with Crippen LogP contribution in [0.1, 0.15) is 41.0 Å². The highest BCUT2D eigenvalue weighted by Gasteiger charge is 2.31. The van der Waals surface area contributed by atoms with E-state index in [1.165, 1.54) is 0 Å². The molecule has 2 aromatic rings. The summed E-state index contributed by atoms with van der Waals surface area (Å²) in [7, 11) is 0. The smallest absolute Gasteiger partial charge is 0.272 e. The Hall–Kier alpha value is -2.15. The fourth-order valence-electron chi connectivity index (χ4n) is 2.85. The number of ether oxygens (including phenoxy) is 1. The van der Waals surface area contributed by atoms with E-state index < -0.39 is 0 Å². The second-order valence-electron chi connectivity index (χ2n) is 6.04. The quantitative estimate of drug-likeness (QED) is 0.844. The number of carbonyl (C=O) groups is 1. The van der Waals surface area contributed by atoms with Crippen molar-refractivity contribution in [2.24, 2.45) is 5.92 Å². The number of aryl methyl sites for hydroxylation is 2. The van der Waals surface area contributed by atoms with Crippen LogP contribution in [0.25, 0.3) is 0 Å². The van der Waals surface area contributed by atoms with E-state index in [0.717, 1.165) is 30.0 Å². The minimum Gasteiger partial charge on any atom is -0.379 e. The fraction of sp³-hybridized carbons (Fsp3) is 0.562. The Morgan fingerprint density at radius 3 is 3.04 bits per heavy atom. The van der Waals surface area contributed by atoms with Crippen LogP contribution in [-0.4, -0.2) is 40.5 Å². The Morgan fingerprint density at radius 1 is 1.43 bits per heavy atom. The maximum absolute atomic E-state index is 12.3. The van der Waals surface area contributed by atoms with Gasteiger partial charge in [0.1, 0.15) is 11.5 Å². The minimum absolute atomic E-state index is 0.0424. The molecule has 0 unspecified atom stereocenters. The third-order valence-electron chi connectivity index (χ3n) is 4.04. The van der Waals surface area contributed by atoms with Gasteiger partial charge in [0.25, 0.3) is 5.91 Å². The summed E-state index contributed by atoms with van der Waals surface area (Å²) in [6.07, 6.45) is 2.60. The normalized spacial score (nSPS) is 20.8.